The summed E-state index contributed by atoms with van der Waals surface area (Å²) in [5.74, 6) is 0.0630. The number of carbonyl (C=O) groups excluding carboxylic acids is 2. The number of hydrogen-bond donors (Lipinski definition) is 1. The molecule has 1 aromatic rings. The molecule has 0 radical (unpaired) electrons. The Labute approximate surface area is 101 Å². The highest BCUT2D eigenvalue weighted by Crippen LogP contribution is 2.27. The first-order valence-electron chi connectivity index (χ1n) is 5.99. The van der Waals surface area contributed by atoms with Crippen LogP contribution in [0.5, 0.6) is 0 Å². The van der Waals surface area contributed by atoms with E-state index in [-0.39, 0.29) is 23.7 Å². The third-order valence-corrected chi connectivity index (χ3v) is 3.55. The normalized spacial score (nSPS) is 25.4. The number of carbonyl (C=O) groups is 2. The Morgan fingerprint density at radius 3 is 2.76 bits per heavy atom. The van der Waals surface area contributed by atoms with Gasteiger partial charge in [-0.25, -0.2) is 0 Å². The van der Waals surface area contributed by atoms with E-state index in [0.29, 0.717) is 6.54 Å². The zero-order chi connectivity index (χ0) is 12.3. The van der Waals surface area contributed by atoms with Crippen molar-refractivity contribution in [3.05, 3.63) is 35.9 Å². The van der Waals surface area contributed by atoms with Gasteiger partial charge < -0.3 is 10.1 Å². The van der Waals surface area contributed by atoms with Gasteiger partial charge in [0.15, 0.2) is 0 Å². The predicted molar refractivity (Wildman–Crippen MR) is 65.4 cm³/mol. The van der Waals surface area contributed by atoms with Crippen molar-refractivity contribution in [1.82, 2.24) is 5.32 Å². The molecule has 1 aliphatic rings. The van der Waals surface area contributed by atoms with Crippen molar-refractivity contribution in [1.29, 1.82) is 0 Å². The molecule has 3 heteroatoms. The van der Waals surface area contributed by atoms with Crippen LogP contribution in [0, 0.1) is 17.8 Å². The lowest BCUT2D eigenvalue weighted by molar-refractivity contribution is -0.123. The van der Waals surface area contributed by atoms with Gasteiger partial charge in [0.05, 0.1) is 0 Å². The third kappa shape index (κ3) is 2.54. The maximum Gasteiger partial charge on any atom is 0.223 e. The fourth-order valence-corrected chi connectivity index (χ4v) is 2.45. The molecule has 1 N–H and O–H groups in total. The van der Waals surface area contributed by atoms with E-state index in [2.05, 4.69) is 5.32 Å². The highest BCUT2D eigenvalue weighted by atomic mass is 16.2. The Morgan fingerprint density at radius 1 is 1.41 bits per heavy atom. The van der Waals surface area contributed by atoms with Crippen LogP contribution in [-0.2, 0) is 16.0 Å². The summed E-state index contributed by atoms with van der Waals surface area (Å²) in [6.07, 6.45) is 1.67. The first-order chi connectivity index (χ1) is 8.22. The third-order valence-electron chi connectivity index (χ3n) is 3.55. The van der Waals surface area contributed by atoms with Gasteiger partial charge in [-0.3, -0.25) is 4.79 Å². The molecule has 1 saturated heterocycles. The molecule has 0 bridgehead atoms. The fraction of sp³-hybridized carbons (Fsp3) is 0.429. The average molecular weight is 231 g/mol. The Kier molecular flexibility index (Phi) is 3.57. The Bertz CT molecular complexity index is 402. The average Bonchev–Trinajstić information content (AvgIpc) is 2.72. The van der Waals surface area contributed by atoms with Gasteiger partial charge in [-0.05, 0) is 17.9 Å². The second-order valence-corrected chi connectivity index (χ2v) is 4.70. The minimum absolute atomic E-state index is 0.0670. The molecule has 0 spiro atoms. The van der Waals surface area contributed by atoms with Gasteiger partial charge in [0.25, 0.3) is 0 Å². The minimum atomic E-state index is -0.0717. The second kappa shape index (κ2) is 5.13. The molecular formula is C14H17NO2. The molecule has 0 aromatic heterocycles. The number of hydrogen-bond acceptors (Lipinski definition) is 2. The van der Waals surface area contributed by atoms with Gasteiger partial charge in [0.2, 0.25) is 5.91 Å². The molecule has 90 valence electrons. The Balaban J connectivity index is 2.12. The van der Waals surface area contributed by atoms with Crippen molar-refractivity contribution in [2.24, 2.45) is 17.8 Å². The molecular weight excluding hydrogens is 214 g/mol. The minimum Gasteiger partial charge on any atom is -0.356 e. The van der Waals surface area contributed by atoms with E-state index in [0.717, 1.165) is 18.3 Å². The summed E-state index contributed by atoms with van der Waals surface area (Å²) >= 11 is 0. The van der Waals surface area contributed by atoms with Gasteiger partial charge in [-0.2, -0.15) is 0 Å². The molecule has 0 saturated carbocycles. The molecule has 2 rings (SSSR count). The molecule has 1 aliphatic heterocycles. The van der Waals surface area contributed by atoms with Crippen molar-refractivity contribution in [2.75, 3.05) is 6.54 Å². The van der Waals surface area contributed by atoms with Gasteiger partial charge in [-0.1, -0.05) is 37.3 Å². The lowest BCUT2D eigenvalue weighted by Crippen LogP contribution is -2.25. The number of benzene rings is 1. The van der Waals surface area contributed by atoms with Crippen molar-refractivity contribution in [3.63, 3.8) is 0 Å². The van der Waals surface area contributed by atoms with E-state index in [9.17, 15) is 9.59 Å². The summed E-state index contributed by atoms with van der Waals surface area (Å²) in [4.78, 5) is 22.6. The lowest BCUT2D eigenvalue weighted by Gasteiger charge is -2.19. The first-order valence-corrected chi connectivity index (χ1v) is 5.99. The van der Waals surface area contributed by atoms with E-state index in [4.69, 9.17) is 0 Å². The van der Waals surface area contributed by atoms with Crippen LogP contribution in [0.15, 0.2) is 30.3 Å². The molecule has 1 aromatic carbocycles. The number of amides is 1. The molecule has 3 atom stereocenters. The zero-order valence-corrected chi connectivity index (χ0v) is 9.93. The molecule has 1 unspecified atom stereocenters. The van der Waals surface area contributed by atoms with Crippen LogP contribution in [0.4, 0.5) is 0 Å². The van der Waals surface area contributed by atoms with E-state index in [1.165, 1.54) is 0 Å². The summed E-state index contributed by atoms with van der Waals surface area (Å²) < 4.78 is 0. The maximum atomic E-state index is 11.8. The highest BCUT2D eigenvalue weighted by molar-refractivity contribution is 5.82. The van der Waals surface area contributed by atoms with Gasteiger partial charge in [0.1, 0.15) is 6.29 Å². The van der Waals surface area contributed by atoms with E-state index in [1.54, 1.807) is 0 Å². The van der Waals surface area contributed by atoms with Crippen molar-refractivity contribution in [2.45, 2.75) is 13.3 Å². The van der Waals surface area contributed by atoms with Crippen LogP contribution in [-0.4, -0.2) is 18.7 Å². The standard InChI is InChI=1S/C14H17NO2/c1-10(9-16)13-8-15-14(17)12(13)7-11-5-3-2-4-6-11/h2-6,9-10,12-13H,7-8H2,1H3,(H,15,17)/t10-,12-,13?/m0/s1. The van der Waals surface area contributed by atoms with Crippen LogP contribution in [0.25, 0.3) is 0 Å². The molecule has 17 heavy (non-hydrogen) atoms. The summed E-state index contributed by atoms with van der Waals surface area (Å²) in [5.41, 5.74) is 1.15. The molecule has 0 aliphatic carbocycles. The maximum absolute atomic E-state index is 11.8. The van der Waals surface area contributed by atoms with Crippen LogP contribution in [0.3, 0.4) is 0 Å². The second-order valence-electron chi connectivity index (χ2n) is 4.70. The number of aldehydes is 1. The quantitative estimate of drug-likeness (QED) is 0.797. The summed E-state index contributed by atoms with van der Waals surface area (Å²) in [5, 5.41) is 2.86. The monoisotopic (exact) mass is 231 g/mol. The molecule has 1 heterocycles. The van der Waals surface area contributed by atoms with E-state index in [1.807, 2.05) is 37.3 Å². The first kappa shape index (κ1) is 11.8. The summed E-state index contributed by atoms with van der Waals surface area (Å²) in [7, 11) is 0. The predicted octanol–water partition coefficient (Wildman–Crippen LogP) is 1.43. The van der Waals surface area contributed by atoms with Crippen molar-refractivity contribution in [3.8, 4) is 0 Å². The Morgan fingerprint density at radius 2 is 2.12 bits per heavy atom. The highest BCUT2D eigenvalue weighted by Gasteiger charge is 2.37. The van der Waals surface area contributed by atoms with E-state index >= 15 is 0 Å². The van der Waals surface area contributed by atoms with Crippen molar-refractivity contribution < 1.29 is 9.59 Å². The van der Waals surface area contributed by atoms with Crippen LogP contribution >= 0.6 is 0 Å². The summed E-state index contributed by atoms with van der Waals surface area (Å²) in [6.45, 7) is 2.51. The smallest absolute Gasteiger partial charge is 0.223 e. The van der Waals surface area contributed by atoms with Gasteiger partial charge in [0, 0.05) is 18.4 Å². The van der Waals surface area contributed by atoms with E-state index < -0.39 is 0 Å². The number of nitrogens with one attached hydrogen (secondary N) is 1. The topological polar surface area (TPSA) is 46.2 Å². The Hall–Kier alpha value is -1.64. The van der Waals surface area contributed by atoms with Crippen LogP contribution < -0.4 is 5.32 Å². The van der Waals surface area contributed by atoms with Gasteiger partial charge >= 0.3 is 0 Å². The largest absolute Gasteiger partial charge is 0.356 e. The molecule has 1 amide bonds. The SMILES string of the molecule is C[C@@H](C=O)C1CNC(=O)[C@H]1Cc1ccccc1. The van der Waals surface area contributed by atoms with Crippen LogP contribution in [0.2, 0.25) is 0 Å². The summed E-state index contributed by atoms with van der Waals surface area (Å²) in [6, 6.07) is 9.95. The van der Waals surface area contributed by atoms with Gasteiger partial charge in [-0.15, -0.1) is 0 Å². The molecule has 1 fully saturated rings. The fourth-order valence-electron chi connectivity index (χ4n) is 2.45. The zero-order valence-electron chi connectivity index (χ0n) is 9.93. The lowest BCUT2D eigenvalue weighted by atomic mass is 9.82. The van der Waals surface area contributed by atoms with Crippen molar-refractivity contribution >= 4 is 12.2 Å². The molecule has 3 nitrogen and oxygen atoms in total. The van der Waals surface area contributed by atoms with Crippen LogP contribution in [0.1, 0.15) is 12.5 Å². The number of rotatable bonds is 4.